The van der Waals surface area contributed by atoms with E-state index in [-0.39, 0.29) is 11.5 Å². The van der Waals surface area contributed by atoms with Crippen LogP contribution in [0.15, 0.2) is 54.6 Å². The highest BCUT2D eigenvalue weighted by Crippen LogP contribution is 2.17. The van der Waals surface area contributed by atoms with Crippen molar-refractivity contribution in [2.75, 3.05) is 0 Å². The largest absolute Gasteiger partial charge is 0.479 e. The second-order valence-electron chi connectivity index (χ2n) is 5.17. The van der Waals surface area contributed by atoms with E-state index in [4.69, 9.17) is 9.84 Å². The van der Waals surface area contributed by atoms with Crippen LogP contribution in [0.3, 0.4) is 0 Å². The maximum Gasteiger partial charge on any atom is 0.344 e. The number of carbonyl (C=O) groups is 2. The van der Waals surface area contributed by atoms with Gasteiger partial charge in [-0.3, -0.25) is 14.9 Å². The fourth-order valence-corrected chi connectivity index (χ4v) is 1.96. The van der Waals surface area contributed by atoms with E-state index in [0.717, 1.165) is 0 Å². The third kappa shape index (κ3) is 5.00. The average Bonchev–Trinajstić information content (AvgIpc) is 2.60. The topological polar surface area (TPSA) is 107 Å². The number of benzene rings is 2. The van der Waals surface area contributed by atoms with Crippen LogP contribution in [0.1, 0.15) is 22.8 Å². The zero-order valence-corrected chi connectivity index (χ0v) is 13.3. The van der Waals surface area contributed by atoms with Crippen molar-refractivity contribution in [3.63, 3.8) is 0 Å². The molecular weight excluding hydrogens is 326 g/mol. The van der Waals surface area contributed by atoms with Crippen LogP contribution in [0.5, 0.6) is 5.75 Å². The Kier molecular flexibility index (Phi) is 5.62. The van der Waals surface area contributed by atoms with Crippen molar-refractivity contribution in [3.05, 3.63) is 75.8 Å². The Labute approximate surface area is 143 Å². The van der Waals surface area contributed by atoms with Crippen molar-refractivity contribution in [1.82, 2.24) is 0 Å². The van der Waals surface area contributed by atoms with Crippen molar-refractivity contribution in [3.8, 4) is 5.75 Å². The number of nitro groups is 1. The molecule has 0 amide bonds. The van der Waals surface area contributed by atoms with Crippen LogP contribution in [-0.2, 0) is 4.79 Å². The van der Waals surface area contributed by atoms with Gasteiger partial charge in [-0.05, 0) is 42.8 Å². The van der Waals surface area contributed by atoms with Crippen LogP contribution < -0.4 is 4.74 Å². The van der Waals surface area contributed by atoms with Gasteiger partial charge in [0.1, 0.15) is 5.75 Å². The molecule has 1 unspecified atom stereocenters. The minimum atomic E-state index is -1.08. The second-order valence-corrected chi connectivity index (χ2v) is 5.17. The molecule has 0 saturated heterocycles. The Morgan fingerprint density at radius 2 is 1.88 bits per heavy atom. The van der Waals surface area contributed by atoms with Gasteiger partial charge in [0.05, 0.1) is 4.92 Å². The van der Waals surface area contributed by atoms with Crippen LogP contribution in [0.4, 0.5) is 5.69 Å². The molecule has 25 heavy (non-hydrogen) atoms. The normalized spacial score (nSPS) is 11.9. The van der Waals surface area contributed by atoms with Gasteiger partial charge in [0.25, 0.3) is 5.69 Å². The van der Waals surface area contributed by atoms with Crippen molar-refractivity contribution >= 4 is 23.5 Å². The van der Waals surface area contributed by atoms with E-state index < -0.39 is 17.0 Å². The Hall–Kier alpha value is -3.48. The molecule has 0 fully saturated rings. The summed E-state index contributed by atoms with van der Waals surface area (Å²) < 4.78 is 5.18. The first-order valence-corrected chi connectivity index (χ1v) is 7.33. The molecular formula is C18H15NO6. The highest BCUT2D eigenvalue weighted by atomic mass is 16.6. The van der Waals surface area contributed by atoms with E-state index in [1.807, 2.05) is 0 Å². The molecule has 1 atom stereocenters. The molecule has 0 bridgehead atoms. The van der Waals surface area contributed by atoms with E-state index in [9.17, 15) is 19.7 Å². The summed E-state index contributed by atoms with van der Waals surface area (Å²) in [5.74, 6) is -1.03. The van der Waals surface area contributed by atoms with Crippen LogP contribution in [-0.4, -0.2) is 27.9 Å². The molecule has 0 saturated carbocycles. The molecule has 1 N–H and O–H groups in total. The van der Waals surface area contributed by atoms with Gasteiger partial charge in [-0.15, -0.1) is 0 Å². The maximum atomic E-state index is 12.1. The first-order chi connectivity index (χ1) is 11.9. The highest BCUT2D eigenvalue weighted by Gasteiger charge is 2.12. The Bertz CT molecular complexity index is 826. The van der Waals surface area contributed by atoms with Crippen molar-refractivity contribution in [1.29, 1.82) is 0 Å². The predicted octanol–water partition coefficient (Wildman–Crippen LogP) is 3.34. The number of ketones is 1. The molecule has 0 aliphatic carbocycles. The van der Waals surface area contributed by atoms with Crippen LogP contribution in [0.2, 0.25) is 0 Å². The number of carboxylic acids is 1. The van der Waals surface area contributed by atoms with Gasteiger partial charge in [0.15, 0.2) is 11.9 Å². The quantitative estimate of drug-likeness (QED) is 0.358. The number of nitro benzene ring substituents is 1. The van der Waals surface area contributed by atoms with Gasteiger partial charge in [0, 0.05) is 17.7 Å². The summed E-state index contributed by atoms with van der Waals surface area (Å²) in [4.78, 5) is 33.1. The van der Waals surface area contributed by atoms with Crippen LogP contribution >= 0.6 is 0 Å². The lowest BCUT2D eigenvalue weighted by Gasteiger charge is -2.10. The molecule has 7 heteroatoms. The number of rotatable bonds is 7. The van der Waals surface area contributed by atoms with Crippen molar-refractivity contribution in [2.45, 2.75) is 13.0 Å². The zero-order valence-electron chi connectivity index (χ0n) is 13.3. The number of carbonyl (C=O) groups excluding carboxylic acids is 1. The number of nitrogens with zero attached hydrogens (tertiary/aromatic N) is 1. The molecule has 0 heterocycles. The minimum absolute atomic E-state index is 0.0522. The van der Waals surface area contributed by atoms with Gasteiger partial charge in [-0.25, -0.2) is 4.79 Å². The molecule has 7 nitrogen and oxygen atoms in total. The number of hydrogen-bond donors (Lipinski definition) is 1. The Morgan fingerprint density at radius 1 is 1.20 bits per heavy atom. The number of aliphatic carboxylic acids is 1. The van der Waals surface area contributed by atoms with Crippen molar-refractivity contribution in [2.24, 2.45) is 0 Å². The second kappa shape index (κ2) is 7.87. The summed E-state index contributed by atoms with van der Waals surface area (Å²) in [7, 11) is 0. The van der Waals surface area contributed by atoms with E-state index in [2.05, 4.69) is 0 Å². The third-order valence-electron chi connectivity index (χ3n) is 3.31. The number of hydrogen-bond acceptors (Lipinski definition) is 5. The standard InChI is InChI=1S/C18H15NO6/c1-12(18(21)22)25-16-8-6-14(7-9-16)17(20)10-5-13-3-2-4-15(11-13)19(23)24/h2-12H,1H3,(H,21,22)/b10-5+. The molecule has 0 spiro atoms. The minimum Gasteiger partial charge on any atom is -0.479 e. The molecule has 2 aromatic rings. The van der Waals surface area contributed by atoms with Gasteiger partial charge >= 0.3 is 5.97 Å². The number of ether oxygens (including phenoxy) is 1. The number of carboxylic acid groups (broad SMARTS) is 1. The lowest BCUT2D eigenvalue weighted by molar-refractivity contribution is -0.384. The molecule has 0 aliphatic heterocycles. The Morgan fingerprint density at radius 3 is 2.48 bits per heavy atom. The fourth-order valence-electron chi connectivity index (χ4n) is 1.96. The summed E-state index contributed by atoms with van der Waals surface area (Å²) in [6.45, 7) is 1.41. The molecule has 0 aliphatic rings. The maximum absolute atomic E-state index is 12.1. The Balaban J connectivity index is 2.06. The van der Waals surface area contributed by atoms with E-state index >= 15 is 0 Å². The summed E-state index contributed by atoms with van der Waals surface area (Å²) in [6, 6.07) is 12.0. The van der Waals surface area contributed by atoms with Crippen LogP contribution in [0, 0.1) is 10.1 Å². The van der Waals surface area contributed by atoms with Crippen LogP contribution in [0.25, 0.3) is 6.08 Å². The molecule has 128 valence electrons. The lowest BCUT2D eigenvalue weighted by atomic mass is 10.1. The zero-order chi connectivity index (χ0) is 18.4. The molecule has 0 aromatic heterocycles. The summed E-state index contributed by atoms with van der Waals surface area (Å²) in [5, 5.41) is 19.5. The van der Waals surface area contributed by atoms with E-state index in [1.54, 1.807) is 6.07 Å². The first kappa shape index (κ1) is 17.9. The third-order valence-corrected chi connectivity index (χ3v) is 3.31. The van der Waals surface area contributed by atoms with Gasteiger partial charge in [-0.1, -0.05) is 18.2 Å². The molecule has 2 rings (SSSR count). The first-order valence-electron chi connectivity index (χ1n) is 7.33. The SMILES string of the molecule is CC(Oc1ccc(C(=O)/C=C/c2cccc([N+](=O)[O-])c2)cc1)C(=O)O. The average molecular weight is 341 g/mol. The highest BCUT2D eigenvalue weighted by molar-refractivity contribution is 6.06. The molecule has 2 aromatic carbocycles. The predicted molar refractivity (Wildman–Crippen MR) is 90.6 cm³/mol. The van der Waals surface area contributed by atoms with Gasteiger partial charge in [-0.2, -0.15) is 0 Å². The summed E-state index contributed by atoms with van der Waals surface area (Å²) in [5.41, 5.74) is 0.874. The summed E-state index contributed by atoms with van der Waals surface area (Å²) >= 11 is 0. The van der Waals surface area contributed by atoms with Crippen molar-refractivity contribution < 1.29 is 24.4 Å². The number of non-ortho nitro benzene ring substituents is 1. The smallest absolute Gasteiger partial charge is 0.344 e. The monoisotopic (exact) mass is 341 g/mol. The number of allylic oxidation sites excluding steroid dienone is 1. The fraction of sp³-hybridized carbons (Fsp3) is 0.111. The van der Waals surface area contributed by atoms with E-state index in [1.165, 1.54) is 61.5 Å². The molecule has 0 radical (unpaired) electrons. The van der Waals surface area contributed by atoms with Gasteiger partial charge in [0.2, 0.25) is 0 Å². The van der Waals surface area contributed by atoms with Gasteiger partial charge < -0.3 is 9.84 Å². The summed E-state index contributed by atoms with van der Waals surface area (Å²) in [6.07, 6.45) is 1.82. The van der Waals surface area contributed by atoms with E-state index in [0.29, 0.717) is 16.9 Å². The lowest BCUT2D eigenvalue weighted by Crippen LogP contribution is -2.22.